The van der Waals surface area contributed by atoms with E-state index in [1.54, 1.807) is 12.1 Å². The normalized spacial score (nSPS) is 32.3. The molecule has 2 aliphatic rings. The molecule has 3 unspecified atom stereocenters. The van der Waals surface area contributed by atoms with Crippen LogP contribution in [0.3, 0.4) is 0 Å². The fourth-order valence-corrected chi connectivity index (χ4v) is 3.76. The Hall–Kier alpha value is -0.800. The van der Waals surface area contributed by atoms with Crippen LogP contribution >= 0.6 is 11.6 Å². The number of nitrogens with one attached hydrogen (secondary N) is 1. The van der Waals surface area contributed by atoms with Gasteiger partial charge >= 0.3 is 0 Å². The molecule has 1 N–H and O–H groups in total. The van der Waals surface area contributed by atoms with Crippen LogP contribution < -0.4 is 5.32 Å². The van der Waals surface area contributed by atoms with Crippen molar-refractivity contribution in [1.29, 1.82) is 0 Å². The molecule has 1 aliphatic heterocycles. The van der Waals surface area contributed by atoms with Crippen molar-refractivity contribution < 1.29 is 9.13 Å². The van der Waals surface area contributed by atoms with Gasteiger partial charge in [-0.2, -0.15) is 0 Å². The molecule has 0 aromatic heterocycles. The van der Waals surface area contributed by atoms with E-state index >= 15 is 0 Å². The predicted molar refractivity (Wildman–Crippen MR) is 75.1 cm³/mol. The summed E-state index contributed by atoms with van der Waals surface area (Å²) in [7, 11) is 0. The quantitative estimate of drug-likeness (QED) is 0.882. The fraction of sp³-hybridized carbons (Fsp3) is 0.600. The zero-order chi connectivity index (χ0) is 13.6. The molecule has 19 heavy (non-hydrogen) atoms. The predicted octanol–water partition coefficient (Wildman–Crippen LogP) is 4.09. The zero-order valence-corrected chi connectivity index (χ0v) is 12.0. The highest BCUT2D eigenvalue weighted by Crippen LogP contribution is 2.52. The number of rotatable bonds is 2. The minimum absolute atomic E-state index is 0.0276. The SMILES string of the molecule is CC1(C)C(Nc2cc(Cl)ccc2F)C2CCCOC21. The van der Waals surface area contributed by atoms with Crippen molar-refractivity contribution in [1.82, 2.24) is 0 Å². The summed E-state index contributed by atoms with van der Waals surface area (Å²) >= 11 is 5.94. The Morgan fingerprint density at radius 3 is 3.00 bits per heavy atom. The summed E-state index contributed by atoms with van der Waals surface area (Å²) in [4.78, 5) is 0. The van der Waals surface area contributed by atoms with Crippen LogP contribution in [0, 0.1) is 17.2 Å². The van der Waals surface area contributed by atoms with E-state index in [1.165, 1.54) is 6.07 Å². The number of fused-ring (bicyclic) bond motifs is 1. The van der Waals surface area contributed by atoms with Crippen molar-refractivity contribution in [3.05, 3.63) is 29.0 Å². The molecule has 104 valence electrons. The largest absolute Gasteiger partial charge is 0.379 e. The second-order valence-electron chi connectivity index (χ2n) is 6.17. The summed E-state index contributed by atoms with van der Waals surface area (Å²) in [5.41, 5.74) is 0.523. The Morgan fingerprint density at radius 2 is 2.21 bits per heavy atom. The maximum atomic E-state index is 13.8. The van der Waals surface area contributed by atoms with Gasteiger partial charge in [0.2, 0.25) is 0 Å². The number of benzene rings is 1. The molecule has 0 amide bonds. The van der Waals surface area contributed by atoms with Gasteiger partial charge < -0.3 is 10.1 Å². The van der Waals surface area contributed by atoms with E-state index in [4.69, 9.17) is 16.3 Å². The molecule has 4 heteroatoms. The van der Waals surface area contributed by atoms with E-state index in [1.807, 2.05) is 0 Å². The first-order valence-electron chi connectivity index (χ1n) is 6.83. The summed E-state index contributed by atoms with van der Waals surface area (Å²) in [5.74, 6) is 0.225. The maximum Gasteiger partial charge on any atom is 0.146 e. The summed E-state index contributed by atoms with van der Waals surface area (Å²) in [6, 6.07) is 4.88. The van der Waals surface area contributed by atoms with Gasteiger partial charge in [0.05, 0.1) is 11.8 Å². The Kier molecular flexibility index (Phi) is 3.22. The summed E-state index contributed by atoms with van der Waals surface area (Å²) in [6.07, 6.45) is 2.53. The van der Waals surface area contributed by atoms with Crippen LogP contribution in [0.2, 0.25) is 5.02 Å². The summed E-state index contributed by atoms with van der Waals surface area (Å²) < 4.78 is 19.7. The standard InChI is InChI=1S/C15H19ClFNO/c1-15(2)13(10-4-3-7-19-14(10)15)18-12-8-9(16)5-6-11(12)17/h5-6,8,10,13-14,18H,3-4,7H2,1-2H3. The molecule has 2 fully saturated rings. The highest BCUT2D eigenvalue weighted by Gasteiger charge is 2.58. The van der Waals surface area contributed by atoms with Gasteiger partial charge in [0.1, 0.15) is 5.82 Å². The van der Waals surface area contributed by atoms with E-state index in [9.17, 15) is 4.39 Å². The monoisotopic (exact) mass is 283 g/mol. The van der Waals surface area contributed by atoms with E-state index in [0.717, 1.165) is 19.4 Å². The molecule has 2 nitrogen and oxygen atoms in total. The van der Waals surface area contributed by atoms with Gasteiger partial charge in [0, 0.05) is 29.0 Å². The van der Waals surface area contributed by atoms with Crippen LogP contribution in [-0.4, -0.2) is 18.8 Å². The molecule has 1 aromatic rings. The smallest absolute Gasteiger partial charge is 0.146 e. The van der Waals surface area contributed by atoms with Crippen LogP contribution in [-0.2, 0) is 4.74 Å². The van der Waals surface area contributed by atoms with Gasteiger partial charge in [-0.25, -0.2) is 4.39 Å². The second-order valence-corrected chi connectivity index (χ2v) is 6.60. The van der Waals surface area contributed by atoms with Crippen LogP contribution in [0.25, 0.3) is 0 Å². The molecular formula is C15H19ClFNO. The van der Waals surface area contributed by atoms with Crippen molar-refractivity contribution in [2.45, 2.75) is 38.8 Å². The second kappa shape index (κ2) is 4.64. The first-order valence-corrected chi connectivity index (χ1v) is 7.21. The first-order chi connectivity index (χ1) is 9.00. The number of anilines is 1. The Bertz CT molecular complexity index is 491. The maximum absolute atomic E-state index is 13.8. The number of hydrogen-bond donors (Lipinski definition) is 1. The van der Waals surface area contributed by atoms with Gasteiger partial charge in [0.15, 0.2) is 0 Å². The van der Waals surface area contributed by atoms with E-state index in [-0.39, 0.29) is 17.3 Å². The van der Waals surface area contributed by atoms with Gasteiger partial charge in [-0.15, -0.1) is 0 Å². The van der Waals surface area contributed by atoms with Gasteiger partial charge in [0.25, 0.3) is 0 Å². The first kappa shape index (κ1) is 13.2. The summed E-state index contributed by atoms with van der Waals surface area (Å²) in [6.45, 7) is 5.21. The van der Waals surface area contributed by atoms with Crippen molar-refractivity contribution in [3.63, 3.8) is 0 Å². The van der Waals surface area contributed by atoms with Crippen molar-refractivity contribution in [3.8, 4) is 0 Å². The third-order valence-electron chi connectivity index (χ3n) is 4.57. The molecule has 3 atom stereocenters. The van der Waals surface area contributed by atoms with Gasteiger partial charge in [-0.05, 0) is 31.0 Å². The summed E-state index contributed by atoms with van der Waals surface area (Å²) in [5, 5.41) is 3.89. The molecule has 1 saturated heterocycles. The molecule has 1 heterocycles. The molecule has 0 radical (unpaired) electrons. The molecule has 0 bridgehead atoms. The average Bonchev–Trinajstić information content (AvgIpc) is 2.39. The molecule has 1 saturated carbocycles. The molecule has 0 spiro atoms. The van der Waals surface area contributed by atoms with Crippen molar-refractivity contribution in [2.24, 2.45) is 11.3 Å². The lowest BCUT2D eigenvalue weighted by Gasteiger charge is -2.60. The van der Waals surface area contributed by atoms with Gasteiger partial charge in [-0.3, -0.25) is 0 Å². The van der Waals surface area contributed by atoms with Crippen LogP contribution in [0.5, 0.6) is 0 Å². The Balaban J connectivity index is 1.81. The highest BCUT2D eigenvalue weighted by atomic mass is 35.5. The lowest BCUT2D eigenvalue weighted by Crippen LogP contribution is -2.67. The van der Waals surface area contributed by atoms with Crippen LogP contribution in [0.15, 0.2) is 18.2 Å². The number of halogens is 2. The highest BCUT2D eigenvalue weighted by molar-refractivity contribution is 6.30. The number of ether oxygens (including phenoxy) is 1. The average molecular weight is 284 g/mol. The lowest BCUT2D eigenvalue weighted by molar-refractivity contribution is -0.177. The minimum Gasteiger partial charge on any atom is -0.379 e. The third kappa shape index (κ3) is 2.13. The fourth-order valence-electron chi connectivity index (χ4n) is 3.59. The topological polar surface area (TPSA) is 21.3 Å². The lowest BCUT2D eigenvalue weighted by atomic mass is 9.55. The van der Waals surface area contributed by atoms with E-state index in [2.05, 4.69) is 19.2 Å². The Morgan fingerprint density at radius 1 is 1.42 bits per heavy atom. The zero-order valence-electron chi connectivity index (χ0n) is 11.2. The van der Waals surface area contributed by atoms with Crippen LogP contribution in [0.1, 0.15) is 26.7 Å². The molecule has 1 aromatic carbocycles. The molecular weight excluding hydrogens is 265 g/mol. The Labute approximate surface area is 118 Å². The van der Waals surface area contributed by atoms with Crippen molar-refractivity contribution in [2.75, 3.05) is 11.9 Å². The molecule has 1 aliphatic carbocycles. The van der Waals surface area contributed by atoms with E-state index < -0.39 is 0 Å². The van der Waals surface area contributed by atoms with Crippen LogP contribution in [0.4, 0.5) is 10.1 Å². The third-order valence-corrected chi connectivity index (χ3v) is 4.81. The van der Waals surface area contributed by atoms with Gasteiger partial charge in [-0.1, -0.05) is 25.4 Å². The van der Waals surface area contributed by atoms with E-state index in [0.29, 0.717) is 22.7 Å². The minimum atomic E-state index is -0.250. The van der Waals surface area contributed by atoms with Crippen molar-refractivity contribution >= 4 is 17.3 Å². The number of hydrogen-bond acceptors (Lipinski definition) is 2. The molecule has 3 rings (SSSR count).